The summed E-state index contributed by atoms with van der Waals surface area (Å²) >= 11 is 1.14. The van der Waals surface area contributed by atoms with Crippen molar-refractivity contribution in [2.24, 2.45) is 5.14 Å². The van der Waals surface area contributed by atoms with E-state index in [1.54, 1.807) is 0 Å². The van der Waals surface area contributed by atoms with Gasteiger partial charge < -0.3 is 4.74 Å². The van der Waals surface area contributed by atoms with Crippen LogP contribution >= 0.6 is 11.9 Å². The number of esters is 1. The number of hydrogen-bond acceptors (Lipinski definition) is 4. The van der Waals surface area contributed by atoms with Crippen LogP contribution in [0.5, 0.6) is 0 Å². The average Bonchev–Trinajstić information content (AvgIpc) is 1.89. The van der Waals surface area contributed by atoms with E-state index in [2.05, 4.69) is 11.3 Å². The van der Waals surface area contributed by atoms with Gasteiger partial charge >= 0.3 is 5.97 Å². The smallest absolute Gasteiger partial charge is 0.330 e. The van der Waals surface area contributed by atoms with Gasteiger partial charge in [-0.15, -0.1) is 0 Å². The van der Waals surface area contributed by atoms with Gasteiger partial charge in [-0.25, -0.2) is 4.79 Å². The SMILES string of the molecule is C=CC(=O)OCCSN. The lowest BCUT2D eigenvalue weighted by atomic mass is 10.6. The van der Waals surface area contributed by atoms with E-state index < -0.39 is 5.97 Å². The molecular formula is C5H9NO2S. The monoisotopic (exact) mass is 147 g/mol. The average molecular weight is 147 g/mol. The summed E-state index contributed by atoms with van der Waals surface area (Å²) in [6.45, 7) is 3.58. The minimum atomic E-state index is -0.399. The Morgan fingerprint density at radius 1 is 1.89 bits per heavy atom. The number of nitrogens with two attached hydrogens (primary N) is 1. The van der Waals surface area contributed by atoms with Gasteiger partial charge in [-0.1, -0.05) is 18.5 Å². The third-order valence-corrected chi connectivity index (χ3v) is 1.01. The van der Waals surface area contributed by atoms with E-state index in [0.29, 0.717) is 12.4 Å². The van der Waals surface area contributed by atoms with Gasteiger partial charge in [0.1, 0.15) is 6.61 Å². The summed E-state index contributed by atoms with van der Waals surface area (Å²) in [5.74, 6) is 0.226. The molecule has 9 heavy (non-hydrogen) atoms. The Hall–Kier alpha value is -0.480. The Kier molecular flexibility index (Phi) is 5.35. The predicted octanol–water partition coefficient (Wildman–Crippen LogP) is 0.323. The lowest BCUT2D eigenvalue weighted by molar-refractivity contribution is -0.137. The van der Waals surface area contributed by atoms with E-state index in [1.807, 2.05) is 0 Å². The van der Waals surface area contributed by atoms with Crippen molar-refractivity contribution in [1.82, 2.24) is 0 Å². The molecule has 0 radical (unpaired) electrons. The maximum Gasteiger partial charge on any atom is 0.330 e. The van der Waals surface area contributed by atoms with Crippen molar-refractivity contribution < 1.29 is 9.53 Å². The van der Waals surface area contributed by atoms with E-state index in [-0.39, 0.29) is 0 Å². The number of carbonyl (C=O) groups is 1. The molecule has 0 rings (SSSR count). The highest BCUT2D eigenvalue weighted by molar-refractivity contribution is 7.97. The molecule has 4 heteroatoms. The first-order valence-corrected chi connectivity index (χ1v) is 3.47. The van der Waals surface area contributed by atoms with Crippen molar-refractivity contribution in [2.75, 3.05) is 12.4 Å². The first-order valence-electron chi connectivity index (χ1n) is 2.42. The Balaban J connectivity index is 3.07. The van der Waals surface area contributed by atoms with Crippen LogP contribution in [0.25, 0.3) is 0 Å². The fraction of sp³-hybridized carbons (Fsp3) is 0.400. The zero-order chi connectivity index (χ0) is 7.11. The molecule has 0 fully saturated rings. The highest BCUT2D eigenvalue weighted by atomic mass is 32.2. The van der Waals surface area contributed by atoms with Gasteiger partial charge in [0.2, 0.25) is 0 Å². The lowest BCUT2D eigenvalue weighted by Crippen LogP contribution is -2.04. The molecule has 0 saturated heterocycles. The first-order chi connectivity index (χ1) is 4.31. The van der Waals surface area contributed by atoms with E-state index in [4.69, 9.17) is 5.14 Å². The molecule has 3 nitrogen and oxygen atoms in total. The molecule has 0 bridgehead atoms. The first kappa shape index (κ1) is 8.52. The third-order valence-electron chi connectivity index (χ3n) is 0.612. The molecule has 0 aliphatic carbocycles. The fourth-order valence-corrected chi connectivity index (χ4v) is 0.429. The van der Waals surface area contributed by atoms with E-state index in [9.17, 15) is 4.79 Å². The predicted molar refractivity (Wildman–Crippen MR) is 37.8 cm³/mol. The van der Waals surface area contributed by atoms with Gasteiger partial charge in [0.05, 0.1) is 0 Å². The summed E-state index contributed by atoms with van der Waals surface area (Å²) < 4.78 is 4.57. The molecule has 0 spiro atoms. The van der Waals surface area contributed by atoms with Crippen LogP contribution in [0.2, 0.25) is 0 Å². The van der Waals surface area contributed by atoms with Crippen molar-refractivity contribution >= 4 is 17.9 Å². The lowest BCUT2D eigenvalue weighted by Gasteiger charge is -1.96. The second-order valence-corrected chi connectivity index (χ2v) is 1.98. The van der Waals surface area contributed by atoms with Crippen LogP contribution in [0.15, 0.2) is 12.7 Å². The van der Waals surface area contributed by atoms with Gasteiger partial charge in [0.15, 0.2) is 0 Å². The quantitative estimate of drug-likeness (QED) is 0.269. The zero-order valence-electron chi connectivity index (χ0n) is 5.00. The maximum atomic E-state index is 10.3. The van der Waals surface area contributed by atoms with E-state index >= 15 is 0 Å². The van der Waals surface area contributed by atoms with Crippen molar-refractivity contribution in [2.45, 2.75) is 0 Å². The molecule has 0 aliphatic rings. The van der Waals surface area contributed by atoms with Crippen molar-refractivity contribution in [3.05, 3.63) is 12.7 Å². The van der Waals surface area contributed by atoms with Gasteiger partial charge in [-0.2, -0.15) is 0 Å². The Morgan fingerprint density at radius 3 is 3.00 bits per heavy atom. The molecule has 0 heterocycles. The summed E-state index contributed by atoms with van der Waals surface area (Å²) in [7, 11) is 0. The summed E-state index contributed by atoms with van der Waals surface area (Å²) in [6, 6.07) is 0. The fourth-order valence-electron chi connectivity index (χ4n) is 0.249. The summed E-state index contributed by atoms with van der Waals surface area (Å²) in [5, 5.41) is 5.06. The maximum absolute atomic E-state index is 10.3. The summed E-state index contributed by atoms with van der Waals surface area (Å²) in [5.41, 5.74) is 0. The van der Waals surface area contributed by atoms with E-state index in [1.165, 1.54) is 0 Å². The Bertz CT molecular complexity index is 105. The number of hydrogen-bond donors (Lipinski definition) is 1. The molecule has 0 aromatic carbocycles. The van der Waals surface area contributed by atoms with Crippen LogP contribution in [-0.2, 0) is 9.53 Å². The molecule has 52 valence electrons. The molecule has 0 atom stereocenters. The topological polar surface area (TPSA) is 52.3 Å². The second-order valence-electron chi connectivity index (χ2n) is 1.24. The standard InChI is InChI=1S/C5H9NO2S/c1-2-5(7)8-3-4-9-6/h2H,1,3-4,6H2. The summed E-state index contributed by atoms with van der Waals surface area (Å²) in [4.78, 5) is 10.3. The highest BCUT2D eigenvalue weighted by Crippen LogP contribution is 1.86. The van der Waals surface area contributed by atoms with Gasteiger partial charge in [-0.05, 0) is 0 Å². The second kappa shape index (κ2) is 5.65. The molecule has 0 aromatic heterocycles. The van der Waals surface area contributed by atoms with Crippen LogP contribution in [-0.4, -0.2) is 18.3 Å². The molecule has 0 amide bonds. The van der Waals surface area contributed by atoms with Gasteiger partial charge in [0, 0.05) is 11.8 Å². The molecule has 0 aromatic rings. The largest absolute Gasteiger partial charge is 0.462 e. The van der Waals surface area contributed by atoms with Crippen molar-refractivity contribution in [3.8, 4) is 0 Å². The molecule has 0 saturated carbocycles. The normalized spacial score (nSPS) is 8.56. The highest BCUT2D eigenvalue weighted by Gasteiger charge is 1.91. The van der Waals surface area contributed by atoms with Crippen LogP contribution in [0.4, 0.5) is 0 Å². The van der Waals surface area contributed by atoms with Crippen LogP contribution < -0.4 is 5.14 Å². The molecular weight excluding hydrogens is 138 g/mol. The van der Waals surface area contributed by atoms with Crippen molar-refractivity contribution in [3.63, 3.8) is 0 Å². The van der Waals surface area contributed by atoms with Crippen LogP contribution in [0, 0.1) is 0 Å². The Labute approximate surface area is 58.4 Å². The minimum absolute atomic E-state index is 0.353. The third kappa shape index (κ3) is 5.39. The molecule has 2 N–H and O–H groups in total. The van der Waals surface area contributed by atoms with Gasteiger partial charge in [0.25, 0.3) is 0 Å². The summed E-state index contributed by atoms with van der Waals surface area (Å²) in [6.07, 6.45) is 1.13. The number of ether oxygens (including phenoxy) is 1. The Morgan fingerprint density at radius 2 is 2.56 bits per heavy atom. The van der Waals surface area contributed by atoms with Crippen LogP contribution in [0.3, 0.4) is 0 Å². The minimum Gasteiger partial charge on any atom is -0.462 e. The van der Waals surface area contributed by atoms with Crippen molar-refractivity contribution in [1.29, 1.82) is 0 Å². The number of rotatable bonds is 4. The molecule has 0 aliphatic heterocycles. The number of carbonyl (C=O) groups excluding carboxylic acids is 1. The zero-order valence-corrected chi connectivity index (χ0v) is 5.82. The molecule has 0 unspecified atom stereocenters. The van der Waals surface area contributed by atoms with Crippen LogP contribution in [0.1, 0.15) is 0 Å². The van der Waals surface area contributed by atoms with Gasteiger partial charge in [-0.3, -0.25) is 5.14 Å². The van der Waals surface area contributed by atoms with E-state index in [0.717, 1.165) is 18.0 Å².